The van der Waals surface area contributed by atoms with Gasteiger partial charge in [-0.05, 0) is 49.6 Å². The molecule has 2 aromatic rings. The molecule has 0 spiro atoms. The second-order valence-corrected chi connectivity index (χ2v) is 6.91. The number of phenolic OH excluding ortho intramolecular Hbond substituents is 1. The Balaban J connectivity index is 2.52. The number of hydrogen-bond acceptors (Lipinski definition) is 5. The smallest absolute Gasteiger partial charge is 0.505 e. The van der Waals surface area contributed by atoms with Gasteiger partial charge in [-0.25, -0.2) is 9.18 Å². The molecular weight excluding hydrogens is 397 g/mol. The van der Waals surface area contributed by atoms with Gasteiger partial charge in [0.15, 0.2) is 11.6 Å². The Hall–Kier alpha value is -2.78. The highest BCUT2D eigenvalue weighted by Crippen LogP contribution is 2.41. The quantitative estimate of drug-likeness (QED) is 0.305. The molecule has 1 N–H and O–H groups in total. The molecule has 0 saturated carbocycles. The van der Waals surface area contributed by atoms with Crippen molar-refractivity contribution < 1.29 is 23.8 Å². The predicted octanol–water partition coefficient (Wildman–Crippen LogP) is 6.38. The zero-order valence-corrected chi connectivity index (χ0v) is 17.2. The highest BCUT2D eigenvalue weighted by atomic mass is 35.5. The first-order valence-electron chi connectivity index (χ1n) is 9.51. The number of benzene rings is 2. The van der Waals surface area contributed by atoms with Gasteiger partial charge < -0.3 is 14.6 Å². The number of unbranched alkanes of at least 4 members (excludes halogenated alkanes) is 3. The minimum atomic E-state index is -0.966. The van der Waals surface area contributed by atoms with E-state index in [-0.39, 0.29) is 34.1 Å². The summed E-state index contributed by atoms with van der Waals surface area (Å²) in [5, 5.41) is 20.2. The van der Waals surface area contributed by atoms with Gasteiger partial charge in [0.1, 0.15) is 5.75 Å². The Labute approximate surface area is 174 Å². The summed E-state index contributed by atoms with van der Waals surface area (Å²) in [4.78, 5) is 11.7. The summed E-state index contributed by atoms with van der Waals surface area (Å²) in [6.07, 6.45) is 3.32. The maximum Gasteiger partial charge on any atom is 0.513 e. The van der Waals surface area contributed by atoms with Gasteiger partial charge in [0.25, 0.3) is 0 Å². The van der Waals surface area contributed by atoms with Gasteiger partial charge >= 0.3 is 6.16 Å². The minimum absolute atomic E-state index is 0.0155. The molecule has 0 fully saturated rings. The van der Waals surface area contributed by atoms with E-state index in [2.05, 4.69) is 6.92 Å². The highest BCUT2D eigenvalue weighted by Gasteiger charge is 2.23. The van der Waals surface area contributed by atoms with Crippen molar-refractivity contribution in [3.8, 4) is 28.7 Å². The fourth-order valence-corrected chi connectivity index (χ4v) is 3.17. The summed E-state index contributed by atoms with van der Waals surface area (Å²) in [5.41, 5.74) is 0.284. The van der Waals surface area contributed by atoms with Crippen LogP contribution in [-0.4, -0.2) is 17.9 Å². The molecule has 154 valence electrons. The normalized spacial score (nSPS) is 10.4. The molecule has 0 bridgehead atoms. The third-order valence-electron chi connectivity index (χ3n) is 4.41. The van der Waals surface area contributed by atoms with E-state index in [4.69, 9.17) is 21.1 Å². The van der Waals surface area contributed by atoms with Gasteiger partial charge in [-0.1, -0.05) is 37.8 Å². The molecule has 0 amide bonds. The largest absolute Gasteiger partial charge is 0.513 e. The van der Waals surface area contributed by atoms with E-state index in [0.29, 0.717) is 12.0 Å². The predicted molar refractivity (Wildman–Crippen MR) is 109 cm³/mol. The Morgan fingerprint density at radius 3 is 2.66 bits per heavy atom. The Bertz CT molecular complexity index is 924. The number of phenols is 1. The molecule has 0 radical (unpaired) electrons. The minimum Gasteiger partial charge on any atom is -0.505 e. The number of nitrogens with zero attached hydrogens (tertiary/aromatic N) is 1. The van der Waals surface area contributed by atoms with E-state index in [1.807, 2.05) is 6.07 Å². The van der Waals surface area contributed by atoms with Crippen LogP contribution in [0.1, 0.15) is 50.7 Å². The monoisotopic (exact) mass is 419 g/mol. The first-order chi connectivity index (χ1) is 13.9. The van der Waals surface area contributed by atoms with Crippen LogP contribution in [0, 0.1) is 17.1 Å². The lowest BCUT2D eigenvalue weighted by molar-refractivity contribution is 0.104. The van der Waals surface area contributed by atoms with Crippen molar-refractivity contribution in [3.63, 3.8) is 0 Å². The number of hydrogen-bond donors (Lipinski definition) is 1. The molecule has 5 nitrogen and oxygen atoms in total. The summed E-state index contributed by atoms with van der Waals surface area (Å²) in [7, 11) is 0. The van der Waals surface area contributed by atoms with Crippen molar-refractivity contribution in [2.75, 3.05) is 6.61 Å². The molecule has 0 atom stereocenters. The van der Waals surface area contributed by atoms with Gasteiger partial charge in [0.05, 0.1) is 18.2 Å². The first-order valence-corrected chi connectivity index (χ1v) is 9.89. The number of ether oxygens (including phenoxy) is 2. The number of aromatic hydroxyl groups is 1. The van der Waals surface area contributed by atoms with E-state index in [0.717, 1.165) is 25.7 Å². The van der Waals surface area contributed by atoms with Crippen LogP contribution < -0.4 is 4.74 Å². The lowest BCUT2D eigenvalue weighted by Gasteiger charge is -2.15. The third kappa shape index (κ3) is 5.61. The van der Waals surface area contributed by atoms with Crippen LogP contribution in [0.25, 0.3) is 11.1 Å². The number of carbonyl (C=O) groups excluding carboxylic acids is 1. The summed E-state index contributed by atoms with van der Waals surface area (Å²) in [6, 6.07) is 7.64. The molecule has 2 aromatic carbocycles. The molecule has 0 aliphatic rings. The zero-order chi connectivity index (χ0) is 21.4. The van der Waals surface area contributed by atoms with Gasteiger partial charge in [0, 0.05) is 16.1 Å². The van der Waals surface area contributed by atoms with Crippen LogP contribution in [0.2, 0.25) is 5.02 Å². The second kappa shape index (κ2) is 10.7. The highest BCUT2D eigenvalue weighted by molar-refractivity contribution is 6.31. The van der Waals surface area contributed by atoms with Gasteiger partial charge in [-0.2, -0.15) is 5.26 Å². The fraction of sp³-hybridized carbons (Fsp3) is 0.364. The Morgan fingerprint density at radius 2 is 2.00 bits per heavy atom. The van der Waals surface area contributed by atoms with E-state index < -0.39 is 17.7 Å². The van der Waals surface area contributed by atoms with Crippen LogP contribution in [-0.2, 0) is 11.2 Å². The van der Waals surface area contributed by atoms with E-state index >= 15 is 4.39 Å². The number of carbonyl (C=O) groups is 1. The van der Waals surface area contributed by atoms with Crippen molar-refractivity contribution >= 4 is 17.8 Å². The lowest BCUT2D eigenvalue weighted by atomic mass is 9.94. The van der Waals surface area contributed by atoms with Crippen LogP contribution in [0.4, 0.5) is 9.18 Å². The molecule has 0 saturated heterocycles. The molecule has 0 aromatic heterocycles. The van der Waals surface area contributed by atoms with E-state index in [9.17, 15) is 15.2 Å². The average molecular weight is 420 g/mol. The van der Waals surface area contributed by atoms with Crippen molar-refractivity contribution in [2.24, 2.45) is 0 Å². The summed E-state index contributed by atoms with van der Waals surface area (Å²) in [5.74, 6) is -1.50. The molecule has 0 heterocycles. The number of aryl methyl sites for hydroxylation is 1. The summed E-state index contributed by atoms with van der Waals surface area (Å²) >= 11 is 6.04. The zero-order valence-electron chi connectivity index (χ0n) is 16.4. The Kier molecular flexibility index (Phi) is 8.29. The van der Waals surface area contributed by atoms with Gasteiger partial charge in [-0.3, -0.25) is 0 Å². The van der Waals surface area contributed by atoms with Gasteiger partial charge in [-0.15, -0.1) is 0 Å². The van der Waals surface area contributed by atoms with Crippen LogP contribution in [0.3, 0.4) is 0 Å². The number of halogens is 2. The summed E-state index contributed by atoms with van der Waals surface area (Å²) in [6.45, 7) is 3.81. The van der Waals surface area contributed by atoms with Crippen LogP contribution in [0.15, 0.2) is 24.3 Å². The molecule has 0 aliphatic heterocycles. The van der Waals surface area contributed by atoms with E-state index in [1.165, 1.54) is 24.3 Å². The van der Waals surface area contributed by atoms with E-state index in [1.54, 1.807) is 6.92 Å². The maximum atomic E-state index is 15.2. The van der Waals surface area contributed by atoms with Crippen LogP contribution in [0.5, 0.6) is 11.5 Å². The molecule has 29 heavy (non-hydrogen) atoms. The van der Waals surface area contributed by atoms with Crippen molar-refractivity contribution in [3.05, 3.63) is 46.2 Å². The number of rotatable bonds is 8. The fourth-order valence-electron chi connectivity index (χ4n) is 3.00. The van der Waals surface area contributed by atoms with Crippen molar-refractivity contribution in [1.29, 1.82) is 5.26 Å². The molecule has 0 unspecified atom stereocenters. The number of nitriles is 1. The molecule has 7 heteroatoms. The second-order valence-electron chi connectivity index (χ2n) is 6.47. The summed E-state index contributed by atoms with van der Waals surface area (Å²) < 4.78 is 25.0. The molecule has 2 rings (SSSR count). The van der Waals surface area contributed by atoms with Crippen molar-refractivity contribution in [2.45, 2.75) is 46.0 Å². The molecular formula is C22H23ClFNO4. The van der Waals surface area contributed by atoms with Crippen molar-refractivity contribution in [1.82, 2.24) is 0 Å². The standard InChI is InChI=1S/C22H23ClFNO4/c1-3-5-6-7-8-14-11-15(13-25)19(20(24)21(14)26)17-12-16(23)9-10-18(17)29-22(27)28-4-2/h9-12,26H,3-8H2,1-2H3. The lowest BCUT2D eigenvalue weighted by Crippen LogP contribution is -2.11. The maximum absolute atomic E-state index is 15.2. The first kappa shape index (κ1) is 22.5. The topological polar surface area (TPSA) is 79.5 Å². The van der Waals surface area contributed by atoms with Gasteiger partial charge in [0.2, 0.25) is 0 Å². The average Bonchev–Trinajstić information content (AvgIpc) is 2.70. The molecule has 0 aliphatic carbocycles. The Morgan fingerprint density at radius 1 is 1.24 bits per heavy atom. The SMILES string of the molecule is CCCCCCc1cc(C#N)c(-c2cc(Cl)ccc2OC(=O)OCC)c(F)c1O. The van der Waals surface area contributed by atoms with Crippen LogP contribution >= 0.6 is 11.6 Å². The third-order valence-corrected chi connectivity index (χ3v) is 4.64.